The average molecular weight is 219 g/mol. The Labute approximate surface area is 96.1 Å². The lowest BCUT2D eigenvalue weighted by Gasteiger charge is -2.19. The summed E-state index contributed by atoms with van der Waals surface area (Å²) in [7, 11) is 0. The van der Waals surface area contributed by atoms with Gasteiger partial charge in [0.05, 0.1) is 0 Å². The average Bonchev–Trinajstić information content (AvgIpc) is 2.12. The molecule has 0 aliphatic carbocycles. The van der Waals surface area contributed by atoms with Crippen molar-refractivity contribution in [2.75, 3.05) is 6.61 Å². The molecule has 0 aliphatic heterocycles. The standard InChI is InChI=1S/C12H17N3O/c1-8-5-9(2)15-11(10(8)6-13)16-7-12(3,4)14/h5H,7,14H2,1-4H3. The van der Waals surface area contributed by atoms with Gasteiger partial charge >= 0.3 is 0 Å². The van der Waals surface area contributed by atoms with Gasteiger partial charge in [-0.3, -0.25) is 0 Å². The molecule has 0 unspecified atom stereocenters. The Hall–Kier alpha value is -1.60. The molecular weight excluding hydrogens is 202 g/mol. The summed E-state index contributed by atoms with van der Waals surface area (Å²) in [4.78, 5) is 4.21. The predicted molar refractivity (Wildman–Crippen MR) is 62.2 cm³/mol. The number of hydrogen-bond donors (Lipinski definition) is 1. The van der Waals surface area contributed by atoms with Gasteiger partial charge in [-0.05, 0) is 39.3 Å². The summed E-state index contributed by atoms with van der Waals surface area (Å²) < 4.78 is 5.50. The van der Waals surface area contributed by atoms with Crippen LogP contribution in [-0.2, 0) is 0 Å². The molecule has 1 heterocycles. The largest absolute Gasteiger partial charge is 0.475 e. The second kappa shape index (κ2) is 4.50. The van der Waals surface area contributed by atoms with E-state index in [0.717, 1.165) is 11.3 Å². The minimum atomic E-state index is -0.438. The normalized spacial score (nSPS) is 11.0. The van der Waals surface area contributed by atoms with Crippen molar-refractivity contribution in [2.24, 2.45) is 5.73 Å². The molecule has 0 amide bonds. The van der Waals surface area contributed by atoms with Crippen LogP contribution in [0, 0.1) is 25.2 Å². The lowest BCUT2D eigenvalue weighted by Crippen LogP contribution is -2.39. The molecule has 0 atom stereocenters. The van der Waals surface area contributed by atoms with Crippen LogP contribution in [0.15, 0.2) is 6.07 Å². The minimum Gasteiger partial charge on any atom is -0.475 e. The molecule has 0 radical (unpaired) electrons. The molecule has 4 nitrogen and oxygen atoms in total. The third-order valence-electron chi connectivity index (χ3n) is 2.00. The first-order valence-electron chi connectivity index (χ1n) is 5.13. The summed E-state index contributed by atoms with van der Waals surface area (Å²) >= 11 is 0. The van der Waals surface area contributed by atoms with Gasteiger partial charge in [0, 0.05) is 11.2 Å². The number of ether oxygens (including phenoxy) is 1. The first-order chi connectivity index (χ1) is 7.33. The van der Waals surface area contributed by atoms with Crippen molar-refractivity contribution in [1.82, 2.24) is 4.98 Å². The van der Waals surface area contributed by atoms with Gasteiger partial charge in [0.25, 0.3) is 0 Å². The van der Waals surface area contributed by atoms with Gasteiger partial charge in [-0.2, -0.15) is 5.26 Å². The maximum atomic E-state index is 9.02. The van der Waals surface area contributed by atoms with E-state index in [-0.39, 0.29) is 0 Å². The zero-order chi connectivity index (χ0) is 12.3. The third-order valence-corrected chi connectivity index (χ3v) is 2.00. The van der Waals surface area contributed by atoms with Crippen LogP contribution in [0.2, 0.25) is 0 Å². The number of nitriles is 1. The topological polar surface area (TPSA) is 71.9 Å². The summed E-state index contributed by atoms with van der Waals surface area (Å²) in [5, 5.41) is 9.02. The van der Waals surface area contributed by atoms with Crippen LogP contribution in [0.5, 0.6) is 5.88 Å². The lowest BCUT2D eigenvalue weighted by molar-refractivity contribution is 0.234. The van der Waals surface area contributed by atoms with Crippen molar-refractivity contribution in [1.29, 1.82) is 5.26 Å². The molecule has 16 heavy (non-hydrogen) atoms. The Morgan fingerprint density at radius 3 is 2.62 bits per heavy atom. The van der Waals surface area contributed by atoms with Crippen molar-refractivity contribution in [3.63, 3.8) is 0 Å². The van der Waals surface area contributed by atoms with E-state index in [0.29, 0.717) is 18.1 Å². The summed E-state index contributed by atoms with van der Waals surface area (Å²) in [5.41, 5.74) is 7.57. The molecule has 1 aromatic heterocycles. The van der Waals surface area contributed by atoms with Crippen molar-refractivity contribution < 1.29 is 4.74 Å². The second-order valence-electron chi connectivity index (χ2n) is 4.65. The number of aromatic nitrogens is 1. The molecule has 0 aliphatic rings. The fourth-order valence-corrected chi connectivity index (χ4v) is 1.30. The summed E-state index contributed by atoms with van der Waals surface area (Å²) in [6.07, 6.45) is 0. The van der Waals surface area contributed by atoms with Gasteiger partial charge in [-0.15, -0.1) is 0 Å². The smallest absolute Gasteiger partial charge is 0.232 e. The van der Waals surface area contributed by atoms with Crippen LogP contribution in [0.4, 0.5) is 0 Å². The Bertz CT molecular complexity index is 427. The van der Waals surface area contributed by atoms with Crippen LogP contribution in [0.3, 0.4) is 0 Å². The monoisotopic (exact) mass is 219 g/mol. The Morgan fingerprint density at radius 1 is 1.50 bits per heavy atom. The van der Waals surface area contributed by atoms with Gasteiger partial charge in [0.2, 0.25) is 5.88 Å². The van der Waals surface area contributed by atoms with E-state index in [1.54, 1.807) is 0 Å². The maximum Gasteiger partial charge on any atom is 0.232 e. The third kappa shape index (κ3) is 3.21. The molecular formula is C12H17N3O. The van der Waals surface area contributed by atoms with Gasteiger partial charge in [0.15, 0.2) is 0 Å². The molecule has 2 N–H and O–H groups in total. The second-order valence-corrected chi connectivity index (χ2v) is 4.65. The van der Waals surface area contributed by atoms with Gasteiger partial charge in [-0.1, -0.05) is 0 Å². The minimum absolute atomic E-state index is 0.331. The van der Waals surface area contributed by atoms with Crippen molar-refractivity contribution >= 4 is 0 Å². The highest BCUT2D eigenvalue weighted by Crippen LogP contribution is 2.20. The molecule has 0 saturated heterocycles. The molecule has 0 spiro atoms. The first kappa shape index (κ1) is 12.5. The Kier molecular flexibility index (Phi) is 3.51. The maximum absolute atomic E-state index is 9.02. The van der Waals surface area contributed by atoms with Gasteiger partial charge < -0.3 is 10.5 Å². The molecule has 1 rings (SSSR count). The van der Waals surface area contributed by atoms with Gasteiger partial charge in [0.1, 0.15) is 18.2 Å². The van der Waals surface area contributed by atoms with Crippen LogP contribution >= 0.6 is 0 Å². The molecule has 0 saturated carbocycles. The van der Waals surface area contributed by atoms with E-state index in [1.807, 2.05) is 33.8 Å². The fraction of sp³-hybridized carbons (Fsp3) is 0.500. The van der Waals surface area contributed by atoms with Gasteiger partial charge in [-0.25, -0.2) is 4.98 Å². The fourth-order valence-electron chi connectivity index (χ4n) is 1.30. The Balaban J connectivity index is 3.00. The molecule has 86 valence electrons. The number of aryl methyl sites for hydroxylation is 2. The SMILES string of the molecule is Cc1cc(C)c(C#N)c(OCC(C)(C)N)n1. The summed E-state index contributed by atoms with van der Waals surface area (Å²) in [5.74, 6) is 0.374. The van der Waals surface area contributed by atoms with Crippen LogP contribution in [0.25, 0.3) is 0 Å². The lowest BCUT2D eigenvalue weighted by atomic mass is 10.1. The van der Waals surface area contributed by atoms with Crippen molar-refractivity contribution in [3.05, 3.63) is 22.9 Å². The van der Waals surface area contributed by atoms with Crippen molar-refractivity contribution in [3.8, 4) is 11.9 Å². The summed E-state index contributed by atoms with van der Waals surface area (Å²) in [6, 6.07) is 3.96. The van der Waals surface area contributed by atoms with E-state index >= 15 is 0 Å². The van der Waals surface area contributed by atoms with Crippen LogP contribution in [-0.4, -0.2) is 17.1 Å². The molecule has 0 fully saturated rings. The Morgan fingerprint density at radius 2 is 2.12 bits per heavy atom. The predicted octanol–water partition coefficient (Wildman–Crippen LogP) is 1.69. The zero-order valence-electron chi connectivity index (χ0n) is 10.2. The number of hydrogen-bond acceptors (Lipinski definition) is 4. The molecule has 1 aromatic rings. The number of nitrogens with two attached hydrogens (primary N) is 1. The van der Waals surface area contributed by atoms with E-state index in [2.05, 4.69) is 11.1 Å². The van der Waals surface area contributed by atoms with Crippen LogP contribution in [0.1, 0.15) is 30.7 Å². The van der Waals surface area contributed by atoms with E-state index < -0.39 is 5.54 Å². The number of rotatable bonds is 3. The molecule has 4 heteroatoms. The van der Waals surface area contributed by atoms with E-state index in [9.17, 15) is 0 Å². The van der Waals surface area contributed by atoms with E-state index in [4.69, 9.17) is 15.7 Å². The van der Waals surface area contributed by atoms with Crippen LogP contribution < -0.4 is 10.5 Å². The summed E-state index contributed by atoms with van der Waals surface area (Å²) in [6.45, 7) is 7.79. The highest BCUT2D eigenvalue weighted by Gasteiger charge is 2.15. The highest BCUT2D eigenvalue weighted by atomic mass is 16.5. The molecule has 0 bridgehead atoms. The van der Waals surface area contributed by atoms with Crippen molar-refractivity contribution in [2.45, 2.75) is 33.2 Å². The molecule has 0 aromatic carbocycles. The van der Waals surface area contributed by atoms with E-state index in [1.165, 1.54) is 0 Å². The number of nitrogens with zero attached hydrogens (tertiary/aromatic N) is 2. The first-order valence-corrected chi connectivity index (χ1v) is 5.13. The zero-order valence-corrected chi connectivity index (χ0v) is 10.2. The quantitative estimate of drug-likeness (QED) is 0.839. The number of pyridine rings is 1. The highest BCUT2D eigenvalue weighted by molar-refractivity contribution is 5.45.